The third kappa shape index (κ3) is 3.46. The molecule has 124 valence electrons. The minimum absolute atomic E-state index is 0.0497. The van der Waals surface area contributed by atoms with Crippen molar-refractivity contribution in [3.05, 3.63) is 52.1 Å². The van der Waals surface area contributed by atoms with Crippen LogP contribution in [-0.2, 0) is 0 Å². The minimum atomic E-state index is -0.678. The molecule has 24 heavy (non-hydrogen) atoms. The second kappa shape index (κ2) is 7.26. The van der Waals surface area contributed by atoms with E-state index in [4.69, 9.17) is 4.42 Å². The monoisotopic (exact) mass is 345 g/mol. The molecule has 0 saturated carbocycles. The van der Waals surface area contributed by atoms with Gasteiger partial charge in [0, 0.05) is 5.39 Å². The molecule has 1 atom stereocenters. The van der Waals surface area contributed by atoms with E-state index in [-0.39, 0.29) is 5.56 Å². The normalized spacial score (nSPS) is 12.2. The molecule has 3 rings (SSSR count). The van der Waals surface area contributed by atoms with E-state index in [2.05, 4.69) is 25.9 Å². The molecule has 1 unspecified atom stereocenters. The Balaban J connectivity index is 1.87. The van der Waals surface area contributed by atoms with Crippen molar-refractivity contribution in [2.24, 2.45) is 0 Å². The predicted molar refractivity (Wildman–Crippen MR) is 89.9 cm³/mol. The lowest BCUT2D eigenvalue weighted by atomic mass is 10.1. The Bertz CT molecular complexity index is 894. The lowest BCUT2D eigenvalue weighted by Gasteiger charge is -2.14. The highest BCUT2D eigenvalue weighted by Gasteiger charge is 2.21. The highest BCUT2D eigenvalue weighted by Crippen LogP contribution is 2.16. The number of hydrogen-bond donors (Lipinski definition) is 2. The number of nitrogens with one attached hydrogen (secondary N) is 2. The molecule has 1 aromatic carbocycles. The number of thioether (sulfide) groups is 1. The van der Waals surface area contributed by atoms with Gasteiger partial charge in [-0.3, -0.25) is 4.79 Å². The second-order valence-electron chi connectivity index (χ2n) is 5.06. The van der Waals surface area contributed by atoms with E-state index < -0.39 is 17.6 Å². The fourth-order valence-corrected chi connectivity index (χ4v) is 2.75. The van der Waals surface area contributed by atoms with E-state index in [0.717, 1.165) is 5.75 Å². The maximum Gasteiger partial charge on any atom is 0.349 e. The smallest absolute Gasteiger partial charge is 0.349 e. The van der Waals surface area contributed by atoms with E-state index in [0.29, 0.717) is 23.2 Å². The minimum Gasteiger partial charge on any atom is -0.422 e. The second-order valence-corrected chi connectivity index (χ2v) is 6.05. The summed E-state index contributed by atoms with van der Waals surface area (Å²) in [5.41, 5.74) is -0.287. The quantitative estimate of drug-likeness (QED) is 0.651. The largest absolute Gasteiger partial charge is 0.422 e. The Morgan fingerprint density at radius 3 is 3.00 bits per heavy atom. The highest BCUT2D eigenvalue weighted by molar-refractivity contribution is 7.98. The van der Waals surface area contributed by atoms with Gasteiger partial charge in [-0.15, -0.1) is 10.2 Å². The third-order valence-corrected chi connectivity index (χ3v) is 4.12. The third-order valence-electron chi connectivity index (χ3n) is 3.48. The molecule has 0 aliphatic carbocycles. The van der Waals surface area contributed by atoms with Crippen molar-refractivity contribution in [3.8, 4) is 0 Å². The number of benzene rings is 1. The zero-order valence-corrected chi connectivity index (χ0v) is 13.7. The molecule has 1 amide bonds. The van der Waals surface area contributed by atoms with Crippen LogP contribution in [0, 0.1) is 0 Å². The number of carbonyl (C=O) groups excluding carboxylic acids is 1. The summed E-state index contributed by atoms with van der Waals surface area (Å²) in [6, 6.07) is 8.12. The SMILES string of the molecule is CSCCC(NC(=O)c1cc2ccccc2oc1=O)c1nn[nH]n1. The fraction of sp³-hybridized carbons (Fsp3) is 0.267. The molecule has 0 saturated heterocycles. The molecule has 0 aliphatic rings. The number of tetrazole rings is 1. The Hall–Kier alpha value is -2.68. The predicted octanol–water partition coefficient (Wildman–Crippen LogP) is 1.53. The van der Waals surface area contributed by atoms with Crippen molar-refractivity contribution in [2.75, 3.05) is 12.0 Å². The summed E-state index contributed by atoms with van der Waals surface area (Å²) in [7, 11) is 0. The van der Waals surface area contributed by atoms with Crippen LogP contribution in [0.1, 0.15) is 28.6 Å². The number of H-pyrrole nitrogens is 1. The van der Waals surface area contributed by atoms with Crippen molar-refractivity contribution < 1.29 is 9.21 Å². The standard InChI is InChI=1S/C15H15N5O3S/c1-24-7-6-11(13-17-19-20-18-13)16-14(21)10-8-9-4-2-3-5-12(9)23-15(10)22/h2-5,8,11H,6-7H2,1H3,(H,16,21)(H,17,18,19,20). The topological polar surface area (TPSA) is 114 Å². The van der Waals surface area contributed by atoms with Crippen molar-refractivity contribution in [1.82, 2.24) is 25.9 Å². The first-order chi connectivity index (χ1) is 11.7. The van der Waals surface area contributed by atoms with Crippen molar-refractivity contribution >= 4 is 28.6 Å². The Labute approximate surface area is 141 Å². The van der Waals surface area contributed by atoms with E-state index >= 15 is 0 Å². The molecule has 8 nitrogen and oxygen atoms in total. The average molecular weight is 345 g/mol. The first kappa shape index (κ1) is 16.2. The first-order valence-electron chi connectivity index (χ1n) is 7.25. The zero-order valence-electron chi connectivity index (χ0n) is 12.9. The molecule has 2 heterocycles. The van der Waals surface area contributed by atoms with Gasteiger partial charge in [-0.2, -0.15) is 17.0 Å². The van der Waals surface area contributed by atoms with Gasteiger partial charge in [0.05, 0.1) is 6.04 Å². The maximum atomic E-state index is 12.5. The summed E-state index contributed by atoms with van der Waals surface area (Å²) in [6.07, 6.45) is 2.58. The first-order valence-corrected chi connectivity index (χ1v) is 8.64. The summed E-state index contributed by atoms with van der Waals surface area (Å²) in [5.74, 6) is 0.652. The summed E-state index contributed by atoms with van der Waals surface area (Å²) in [4.78, 5) is 24.6. The van der Waals surface area contributed by atoms with E-state index in [1.54, 1.807) is 30.0 Å². The van der Waals surface area contributed by atoms with Crippen LogP contribution < -0.4 is 10.9 Å². The van der Waals surface area contributed by atoms with Gasteiger partial charge in [0.1, 0.15) is 11.1 Å². The van der Waals surface area contributed by atoms with Gasteiger partial charge in [-0.25, -0.2) is 4.79 Å². The van der Waals surface area contributed by atoms with Crippen molar-refractivity contribution in [3.63, 3.8) is 0 Å². The number of nitrogens with zero attached hydrogens (tertiary/aromatic N) is 3. The van der Waals surface area contributed by atoms with Crippen molar-refractivity contribution in [2.45, 2.75) is 12.5 Å². The number of rotatable bonds is 6. The lowest BCUT2D eigenvalue weighted by molar-refractivity contribution is 0.0930. The van der Waals surface area contributed by atoms with Gasteiger partial charge >= 0.3 is 5.63 Å². The Morgan fingerprint density at radius 1 is 1.42 bits per heavy atom. The van der Waals surface area contributed by atoms with Gasteiger partial charge < -0.3 is 9.73 Å². The number of para-hydroxylation sites is 1. The van der Waals surface area contributed by atoms with Crippen molar-refractivity contribution in [1.29, 1.82) is 0 Å². The van der Waals surface area contributed by atoms with Crippen LogP contribution in [0.5, 0.6) is 0 Å². The lowest BCUT2D eigenvalue weighted by Crippen LogP contribution is -2.33. The van der Waals surface area contributed by atoms with Gasteiger partial charge in [0.15, 0.2) is 5.82 Å². The molecule has 2 N–H and O–H groups in total. The summed E-state index contributed by atoms with van der Waals surface area (Å²) < 4.78 is 5.20. The molecule has 0 radical (unpaired) electrons. The molecule has 0 fully saturated rings. The Morgan fingerprint density at radius 2 is 2.25 bits per heavy atom. The fourth-order valence-electron chi connectivity index (χ4n) is 2.27. The number of fused-ring (bicyclic) bond motifs is 1. The van der Waals surface area contributed by atoms with Crippen LogP contribution in [0.3, 0.4) is 0 Å². The van der Waals surface area contributed by atoms with E-state index in [9.17, 15) is 9.59 Å². The van der Waals surface area contributed by atoms with E-state index in [1.807, 2.05) is 12.3 Å². The van der Waals surface area contributed by atoms with Crippen LogP contribution in [0.25, 0.3) is 11.0 Å². The summed E-state index contributed by atoms with van der Waals surface area (Å²) in [5, 5.41) is 17.2. The molecule has 9 heteroatoms. The molecule has 2 aromatic heterocycles. The summed E-state index contributed by atoms with van der Waals surface area (Å²) >= 11 is 1.64. The molecule has 3 aromatic rings. The molecular weight excluding hydrogens is 330 g/mol. The number of carbonyl (C=O) groups is 1. The van der Waals surface area contributed by atoms with Crippen LogP contribution in [0.15, 0.2) is 39.5 Å². The van der Waals surface area contributed by atoms with Gasteiger partial charge in [-0.1, -0.05) is 23.4 Å². The highest BCUT2D eigenvalue weighted by atomic mass is 32.2. The van der Waals surface area contributed by atoms with E-state index in [1.165, 1.54) is 6.07 Å². The van der Waals surface area contributed by atoms with Crippen LogP contribution in [0.2, 0.25) is 0 Å². The van der Waals surface area contributed by atoms with Crippen LogP contribution >= 0.6 is 11.8 Å². The molecule has 0 aliphatic heterocycles. The molecule has 0 bridgehead atoms. The van der Waals surface area contributed by atoms with Gasteiger partial charge in [0.25, 0.3) is 5.91 Å². The number of amides is 1. The van der Waals surface area contributed by atoms with Gasteiger partial charge in [-0.05, 0) is 30.6 Å². The zero-order chi connectivity index (χ0) is 16.9. The van der Waals surface area contributed by atoms with Crippen LogP contribution in [-0.4, -0.2) is 38.5 Å². The average Bonchev–Trinajstić information content (AvgIpc) is 3.12. The number of aromatic amines is 1. The number of aromatic nitrogens is 4. The summed E-state index contributed by atoms with van der Waals surface area (Å²) in [6.45, 7) is 0. The maximum absolute atomic E-state index is 12.5. The van der Waals surface area contributed by atoms with Crippen LogP contribution in [0.4, 0.5) is 0 Å². The van der Waals surface area contributed by atoms with Gasteiger partial charge in [0.2, 0.25) is 0 Å². The number of hydrogen-bond acceptors (Lipinski definition) is 7. The molecule has 0 spiro atoms. The Kier molecular flexibility index (Phi) is 4.90. The molecular formula is C15H15N5O3S.